The molecular weight excluding hydrogens is 310 g/mol. The molecule has 120 valence electrons. The Labute approximate surface area is 144 Å². The summed E-state index contributed by atoms with van der Waals surface area (Å²) in [5.41, 5.74) is 3.84. The smallest absolute Gasteiger partial charge is 0.345 e. The van der Waals surface area contributed by atoms with Crippen molar-refractivity contribution in [3.05, 3.63) is 88.3 Å². The van der Waals surface area contributed by atoms with Crippen LogP contribution in [0.5, 0.6) is 0 Å². The zero-order chi connectivity index (χ0) is 16.8. The number of benzene rings is 3. The lowest BCUT2D eigenvalue weighted by atomic mass is 9.97. The van der Waals surface area contributed by atoms with Crippen LogP contribution in [0.2, 0.25) is 0 Å². The van der Waals surface area contributed by atoms with Gasteiger partial charge in [-0.05, 0) is 47.4 Å². The Balaban J connectivity index is 1.77. The number of aryl methyl sites for hydroxylation is 1. The molecule has 3 aromatic carbocycles. The second-order valence-corrected chi connectivity index (χ2v) is 6.33. The highest BCUT2D eigenvalue weighted by Gasteiger charge is 2.17. The summed E-state index contributed by atoms with van der Waals surface area (Å²) >= 11 is 0. The molecule has 0 atom stereocenters. The first-order valence-corrected chi connectivity index (χ1v) is 8.41. The normalized spacial score (nSPS) is 13.7. The topological polar surface area (TPSA) is 42.6 Å². The van der Waals surface area contributed by atoms with Gasteiger partial charge in [-0.15, -0.1) is 0 Å². The third-order valence-corrected chi connectivity index (χ3v) is 4.83. The Morgan fingerprint density at radius 1 is 0.840 bits per heavy atom. The number of hydrogen-bond donors (Lipinski definition) is 0. The number of nitrogens with zero attached hydrogens (tertiary/aromatic N) is 1. The summed E-state index contributed by atoms with van der Waals surface area (Å²) in [4.78, 5) is 17.3. The van der Waals surface area contributed by atoms with Crippen molar-refractivity contribution in [2.24, 2.45) is 4.99 Å². The van der Waals surface area contributed by atoms with E-state index in [1.165, 1.54) is 5.56 Å². The lowest BCUT2D eigenvalue weighted by molar-refractivity contribution is 0.559. The van der Waals surface area contributed by atoms with Gasteiger partial charge in [0.25, 0.3) is 0 Å². The van der Waals surface area contributed by atoms with Crippen molar-refractivity contribution in [2.75, 3.05) is 0 Å². The van der Waals surface area contributed by atoms with E-state index in [1.54, 1.807) is 0 Å². The summed E-state index contributed by atoms with van der Waals surface area (Å²) in [6, 6.07) is 22.0. The summed E-state index contributed by atoms with van der Waals surface area (Å²) in [5, 5.41) is 3.17. The molecule has 0 fully saturated rings. The molecule has 0 unspecified atom stereocenters. The van der Waals surface area contributed by atoms with Gasteiger partial charge < -0.3 is 4.42 Å². The fourth-order valence-electron chi connectivity index (χ4n) is 3.55. The standard InChI is InChI=1S/C22H15NO2/c24-22-18(20-11-9-15-6-2-4-8-19(15)23-20)13-17-16-7-3-1-5-14(16)10-12-21(17)25-22/h1-8,10,12-13H,9,11H2. The van der Waals surface area contributed by atoms with Crippen LogP contribution in [0.25, 0.3) is 21.7 Å². The fraction of sp³-hybridized carbons (Fsp3) is 0.0909. The van der Waals surface area contributed by atoms with Crippen molar-refractivity contribution in [3.8, 4) is 0 Å². The van der Waals surface area contributed by atoms with Crippen molar-refractivity contribution in [3.63, 3.8) is 0 Å². The molecule has 0 bridgehead atoms. The van der Waals surface area contributed by atoms with Gasteiger partial charge in [-0.25, -0.2) is 4.79 Å². The maximum absolute atomic E-state index is 12.5. The van der Waals surface area contributed by atoms with E-state index in [-0.39, 0.29) is 5.63 Å². The molecule has 0 amide bonds. The SMILES string of the molecule is O=c1oc2ccc3ccccc3c2cc1C1=Nc2ccccc2CC1. The molecule has 5 rings (SSSR count). The first-order chi connectivity index (χ1) is 12.3. The quantitative estimate of drug-likeness (QED) is 0.364. The van der Waals surface area contributed by atoms with Crippen LogP contribution in [0.15, 0.2) is 80.9 Å². The van der Waals surface area contributed by atoms with Crippen molar-refractivity contribution in [1.29, 1.82) is 0 Å². The van der Waals surface area contributed by atoms with E-state index in [1.807, 2.05) is 48.5 Å². The number of rotatable bonds is 1. The summed E-state index contributed by atoms with van der Waals surface area (Å²) in [7, 11) is 0. The van der Waals surface area contributed by atoms with E-state index in [0.717, 1.165) is 40.4 Å². The highest BCUT2D eigenvalue weighted by molar-refractivity contribution is 6.10. The second kappa shape index (κ2) is 5.42. The number of hydrogen-bond acceptors (Lipinski definition) is 3. The number of aliphatic imine (C=N–C) groups is 1. The minimum Gasteiger partial charge on any atom is -0.422 e. The molecule has 2 heterocycles. The molecular formula is C22H15NO2. The second-order valence-electron chi connectivity index (χ2n) is 6.33. The van der Waals surface area contributed by atoms with E-state index in [0.29, 0.717) is 11.1 Å². The Bertz CT molecular complexity index is 1220. The van der Waals surface area contributed by atoms with Gasteiger partial charge in [-0.2, -0.15) is 0 Å². The summed E-state index contributed by atoms with van der Waals surface area (Å²) < 4.78 is 5.61. The van der Waals surface area contributed by atoms with Gasteiger partial charge in [0, 0.05) is 5.39 Å². The van der Waals surface area contributed by atoms with Crippen LogP contribution in [-0.4, -0.2) is 5.71 Å². The Kier molecular flexibility index (Phi) is 3.07. The molecule has 0 saturated heterocycles. The summed E-state index contributed by atoms with van der Waals surface area (Å²) in [6.45, 7) is 0. The third kappa shape index (κ3) is 2.28. The molecule has 4 aromatic rings. The van der Waals surface area contributed by atoms with Crippen LogP contribution in [-0.2, 0) is 6.42 Å². The van der Waals surface area contributed by atoms with E-state index >= 15 is 0 Å². The zero-order valence-electron chi connectivity index (χ0n) is 13.5. The first-order valence-electron chi connectivity index (χ1n) is 8.41. The molecule has 0 spiro atoms. The van der Waals surface area contributed by atoms with Crippen LogP contribution < -0.4 is 5.63 Å². The molecule has 0 N–H and O–H groups in total. The van der Waals surface area contributed by atoms with Crippen molar-refractivity contribution in [1.82, 2.24) is 0 Å². The Morgan fingerprint density at radius 3 is 2.64 bits per heavy atom. The van der Waals surface area contributed by atoms with Gasteiger partial charge >= 0.3 is 5.63 Å². The van der Waals surface area contributed by atoms with Crippen LogP contribution in [0, 0.1) is 0 Å². The van der Waals surface area contributed by atoms with Crippen molar-refractivity contribution >= 4 is 33.1 Å². The van der Waals surface area contributed by atoms with Crippen LogP contribution >= 0.6 is 0 Å². The molecule has 1 aliphatic rings. The van der Waals surface area contributed by atoms with Gasteiger partial charge in [-0.1, -0.05) is 48.5 Å². The van der Waals surface area contributed by atoms with Crippen molar-refractivity contribution in [2.45, 2.75) is 12.8 Å². The first kappa shape index (κ1) is 14.2. The molecule has 25 heavy (non-hydrogen) atoms. The zero-order valence-corrected chi connectivity index (χ0v) is 13.5. The van der Waals surface area contributed by atoms with Crippen LogP contribution in [0.1, 0.15) is 17.5 Å². The molecule has 0 radical (unpaired) electrons. The number of fused-ring (bicyclic) bond motifs is 4. The molecule has 3 heteroatoms. The molecule has 3 nitrogen and oxygen atoms in total. The molecule has 1 aromatic heterocycles. The highest BCUT2D eigenvalue weighted by Crippen LogP contribution is 2.29. The molecule has 1 aliphatic heterocycles. The highest BCUT2D eigenvalue weighted by atomic mass is 16.4. The van der Waals surface area contributed by atoms with E-state index in [4.69, 9.17) is 9.41 Å². The van der Waals surface area contributed by atoms with E-state index in [2.05, 4.69) is 18.2 Å². The maximum atomic E-state index is 12.5. The average Bonchev–Trinajstić information content (AvgIpc) is 2.67. The van der Waals surface area contributed by atoms with Gasteiger partial charge in [0.05, 0.1) is 17.0 Å². The van der Waals surface area contributed by atoms with E-state index < -0.39 is 0 Å². The maximum Gasteiger partial charge on any atom is 0.345 e. The largest absolute Gasteiger partial charge is 0.422 e. The van der Waals surface area contributed by atoms with Gasteiger partial charge in [0.1, 0.15) is 5.58 Å². The fourth-order valence-corrected chi connectivity index (χ4v) is 3.55. The predicted molar refractivity (Wildman–Crippen MR) is 101 cm³/mol. The van der Waals surface area contributed by atoms with E-state index in [9.17, 15) is 4.79 Å². The lowest BCUT2D eigenvalue weighted by Crippen LogP contribution is -2.17. The van der Waals surface area contributed by atoms with Gasteiger partial charge in [0.15, 0.2) is 0 Å². The average molecular weight is 325 g/mol. The Hall–Kier alpha value is -3.20. The summed E-state index contributed by atoms with van der Waals surface area (Å²) in [5.74, 6) is 0. The van der Waals surface area contributed by atoms with Crippen LogP contribution in [0.4, 0.5) is 5.69 Å². The monoisotopic (exact) mass is 325 g/mol. The summed E-state index contributed by atoms with van der Waals surface area (Å²) in [6.07, 6.45) is 1.64. The molecule has 0 saturated carbocycles. The number of para-hydroxylation sites is 1. The minimum atomic E-state index is -0.319. The lowest BCUT2D eigenvalue weighted by Gasteiger charge is -2.15. The third-order valence-electron chi connectivity index (χ3n) is 4.83. The minimum absolute atomic E-state index is 0.319. The van der Waals surface area contributed by atoms with Crippen molar-refractivity contribution < 1.29 is 4.42 Å². The van der Waals surface area contributed by atoms with Crippen LogP contribution in [0.3, 0.4) is 0 Å². The molecule has 0 aliphatic carbocycles. The predicted octanol–water partition coefficient (Wildman–Crippen LogP) is 5.01. The van der Waals surface area contributed by atoms with Gasteiger partial charge in [0.2, 0.25) is 0 Å². The van der Waals surface area contributed by atoms with Gasteiger partial charge in [-0.3, -0.25) is 4.99 Å². The Morgan fingerprint density at radius 2 is 1.68 bits per heavy atom.